The highest BCUT2D eigenvalue weighted by Crippen LogP contribution is 2.27. The molecular formula is C11H20N2. The number of nitrogens with zero attached hydrogens (tertiary/aromatic N) is 1. The summed E-state index contributed by atoms with van der Waals surface area (Å²) in [4.78, 5) is 2.26. The lowest BCUT2D eigenvalue weighted by Gasteiger charge is -2.30. The van der Waals surface area contributed by atoms with Gasteiger partial charge in [-0.15, -0.1) is 6.42 Å². The zero-order valence-electron chi connectivity index (χ0n) is 8.55. The van der Waals surface area contributed by atoms with Gasteiger partial charge in [-0.3, -0.25) is 4.90 Å². The molecule has 0 unspecified atom stereocenters. The van der Waals surface area contributed by atoms with Crippen molar-refractivity contribution in [1.82, 2.24) is 4.90 Å². The maximum atomic E-state index is 6.26. The maximum Gasteiger partial charge on any atom is 0.0599 e. The van der Waals surface area contributed by atoms with E-state index in [1.165, 1.54) is 12.8 Å². The molecule has 0 saturated heterocycles. The molecule has 0 heterocycles. The summed E-state index contributed by atoms with van der Waals surface area (Å²) < 4.78 is 0. The molecule has 0 aliphatic heterocycles. The number of terminal acetylenes is 1. The summed E-state index contributed by atoms with van der Waals surface area (Å²) >= 11 is 0. The number of hydrogen-bond donors (Lipinski definition) is 1. The molecule has 2 nitrogen and oxygen atoms in total. The molecule has 0 aromatic heterocycles. The summed E-state index contributed by atoms with van der Waals surface area (Å²) in [5.41, 5.74) is 6.30. The molecule has 0 amide bonds. The predicted octanol–water partition coefficient (Wildman–Crippen LogP) is 1.21. The normalized spacial score (nSPS) is 20.5. The van der Waals surface area contributed by atoms with Crippen LogP contribution in [0.5, 0.6) is 0 Å². The minimum absolute atomic E-state index is 0.0485. The Balaban J connectivity index is 2.40. The van der Waals surface area contributed by atoms with E-state index in [4.69, 9.17) is 12.2 Å². The Morgan fingerprint density at radius 2 is 2.08 bits per heavy atom. The quantitative estimate of drug-likeness (QED) is 0.659. The fourth-order valence-electron chi connectivity index (χ4n) is 2.09. The largest absolute Gasteiger partial charge is 0.324 e. The van der Waals surface area contributed by atoms with Crippen molar-refractivity contribution in [1.29, 1.82) is 0 Å². The molecule has 1 rings (SSSR count). The summed E-state index contributed by atoms with van der Waals surface area (Å²) in [5, 5.41) is 0. The van der Waals surface area contributed by atoms with Crippen molar-refractivity contribution in [2.75, 3.05) is 19.6 Å². The molecule has 0 atom stereocenters. The zero-order valence-corrected chi connectivity index (χ0v) is 8.55. The van der Waals surface area contributed by atoms with E-state index in [0.717, 1.165) is 32.5 Å². The fraction of sp³-hybridized carbons (Fsp3) is 0.818. The van der Waals surface area contributed by atoms with Gasteiger partial charge in [0.15, 0.2) is 0 Å². The number of hydrogen-bond acceptors (Lipinski definition) is 2. The molecular weight excluding hydrogens is 160 g/mol. The van der Waals surface area contributed by atoms with Gasteiger partial charge in [0.2, 0.25) is 0 Å². The van der Waals surface area contributed by atoms with Crippen LogP contribution in [0, 0.1) is 12.3 Å². The Kier molecular flexibility index (Phi) is 3.77. The highest BCUT2D eigenvalue weighted by Gasteiger charge is 2.30. The van der Waals surface area contributed by atoms with Gasteiger partial charge in [-0.25, -0.2) is 0 Å². The zero-order chi connectivity index (χ0) is 9.73. The molecule has 2 N–H and O–H groups in total. The minimum Gasteiger partial charge on any atom is -0.324 e. The summed E-state index contributed by atoms with van der Waals surface area (Å²) in [6.45, 7) is 4.84. The lowest BCUT2D eigenvalue weighted by atomic mass is 9.98. The molecule has 0 radical (unpaired) electrons. The second kappa shape index (κ2) is 4.64. The van der Waals surface area contributed by atoms with E-state index in [1.807, 2.05) is 0 Å². The van der Waals surface area contributed by atoms with Crippen molar-refractivity contribution in [3.8, 4) is 12.3 Å². The van der Waals surface area contributed by atoms with Crippen molar-refractivity contribution < 1.29 is 0 Å². The Morgan fingerprint density at radius 1 is 1.46 bits per heavy atom. The van der Waals surface area contributed by atoms with Gasteiger partial charge in [-0.1, -0.05) is 25.7 Å². The molecule has 13 heavy (non-hydrogen) atoms. The van der Waals surface area contributed by atoms with Gasteiger partial charge in [-0.2, -0.15) is 0 Å². The summed E-state index contributed by atoms with van der Waals surface area (Å²) in [6.07, 6.45) is 10.2. The van der Waals surface area contributed by atoms with E-state index >= 15 is 0 Å². The van der Waals surface area contributed by atoms with Crippen LogP contribution in [0.4, 0.5) is 0 Å². The van der Waals surface area contributed by atoms with Crippen LogP contribution in [0.1, 0.15) is 32.6 Å². The molecule has 74 valence electrons. The van der Waals surface area contributed by atoms with E-state index in [2.05, 4.69) is 17.7 Å². The topological polar surface area (TPSA) is 29.3 Å². The molecule has 1 fully saturated rings. The first-order valence-electron chi connectivity index (χ1n) is 5.15. The third kappa shape index (κ3) is 3.02. The first-order valence-corrected chi connectivity index (χ1v) is 5.15. The molecule has 0 aromatic carbocycles. The van der Waals surface area contributed by atoms with Crippen LogP contribution in [0.15, 0.2) is 0 Å². The lowest BCUT2D eigenvalue weighted by molar-refractivity contribution is 0.240. The smallest absolute Gasteiger partial charge is 0.0599 e. The monoisotopic (exact) mass is 180 g/mol. The molecule has 1 aliphatic rings. The standard InChI is InChI=1S/C11H20N2/c1-3-9-13(4-2)10-11(12)7-5-6-8-11/h1H,4-10,12H2,2H3. The summed E-state index contributed by atoms with van der Waals surface area (Å²) in [7, 11) is 0. The molecule has 1 aliphatic carbocycles. The Hall–Kier alpha value is -0.520. The van der Waals surface area contributed by atoms with E-state index < -0.39 is 0 Å². The average molecular weight is 180 g/mol. The third-order valence-electron chi connectivity index (χ3n) is 2.90. The Bertz CT molecular complexity index is 187. The van der Waals surface area contributed by atoms with Crippen LogP contribution >= 0.6 is 0 Å². The first kappa shape index (κ1) is 10.6. The SMILES string of the molecule is C#CCN(CC)CC1(N)CCCC1. The second-order valence-electron chi connectivity index (χ2n) is 4.08. The van der Waals surface area contributed by atoms with Gasteiger partial charge < -0.3 is 5.73 Å². The van der Waals surface area contributed by atoms with Crippen molar-refractivity contribution in [3.05, 3.63) is 0 Å². The number of rotatable bonds is 4. The van der Waals surface area contributed by atoms with Crippen molar-refractivity contribution >= 4 is 0 Å². The summed E-state index contributed by atoms with van der Waals surface area (Å²) in [5.74, 6) is 2.68. The Morgan fingerprint density at radius 3 is 2.54 bits per heavy atom. The summed E-state index contributed by atoms with van der Waals surface area (Å²) in [6, 6.07) is 0. The molecule has 0 aromatic rings. The highest BCUT2D eigenvalue weighted by molar-refractivity contribution is 4.95. The maximum absolute atomic E-state index is 6.26. The molecule has 0 spiro atoms. The van der Waals surface area contributed by atoms with Crippen molar-refractivity contribution in [3.63, 3.8) is 0 Å². The van der Waals surface area contributed by atoms with Crippen LogP contribution in [0.2, 0.25) is 0 Å². The minimum atomic E-state index is 0.0485. The molecule has 0 bridgehead atoms. The van der Waals surface area contributed by atoms with Crippen LogP contribution in [-0.4, -0.2) is 30.1 Å². The molecule has 1 saturated carbocycles. The van der Waals surface area contributed by atoms with Crippen LogP contribution in [0.25, 0.3) is 0 Å². The van der Waals surface area contributed by atoms with Gasteiger partial charge in [0.25, 0.3) is 0 Å². The lowest BCUT2D eigenvalue weighted by Crippen LogP contribution is -2.48. The number of nitrogens with two attached hydrogens (primary N) is 1. The molecule has 2 heteroatoms. The fourth-order valence-corrected chi connectivity index (χ4v) is 2.09. The van der Waals surface area contributed by atoms with Gasteiger partial charge in [0.1, 0.15) is 0 Å². The number of likely N-dealkylation sites (N-methyl/N-ethyl adjacent to an activating group) is 1. The predicted molar refractivity (Wildman–Crippen MR) is 56.3 cm³/mol. The third-order valence-corrected chi connectivity index (χ3v) is 2.90. The van der Waals surface area contributed by atoms with Crippen molar-refractivity contribution in [2.24, 2.45) is 5.73 Å². The van der Waals surface area contributed by atoms with Gasteiger partial charge in [0.05, 0.1) is 6.54 Å². The van der Waals surface area contributed by atoms with Crippen LogP contribution < -0.4 is 5.73 Å². The van der Waals surface area contributed by atoms with E-state index in [-0.39, 0.29) is 5.54 Å². The second-order valence-corrected chi connectivity index (χ2v) is 4.08. The van der Waals surface area contributed by atoms with E-state index in [1.54, 1.807) is 0 Å². The van der Waals surface area contributed by atoms with Crippen LogP contribution in [0.3, 0.4) is 0 Å². The van der Waals surface area contributed by atoms with Crippen molar-refractivity contribution in [2.45, 2.75) is 38.1 Å². The first-order chi connectivity index (χ1) is 6.20. The van der Waals surface area contributed by atoms with Gasteiger partial charge in [-0.05, 0) is 19.4 Å². The van der Waals surface area contributed by atoms with Gasteiger partial charge >= 0.3 is 0 Å². The Labute approximate surface area is 81.5 Å². The average Bonchev–Trinajstić information content (AvgIpc) is 2.51. The van der Waals surface area contributed by atoms with E-state index in [9.17, 15) is 0 Å². The van der Waals surface area contributed by atoms with Gasteiger partial charge in [0, 0.05) is 12.1 Å². The van der Waals surface area contributed by atoms with E-state index in [0.29, 0.717) is 0 Å². The highest BCUT2D eigenvalue weighted by atomic mass is 15.1. The van der Waals surface area contributed by atoms with Crippen LogP contribution in [-0.2, 0) is 0 Å².